The molecule has 1 aromatic carbocycles. The van der Waals surface area contributed by atoms with E-state index in [0.29, 0.717) is 15.6 Å². The highest BCUT2D eigenvalue weighted by Gasteiger charge is 2.22. The first-order valence-corrected chi connectivity index (χ1v) is 5.99. The Balaban J connectivity index is 2.41. The third-order valence-corrected chi connectivity index (χ3v) is 3.10. The number of benzene rings is 1. The zero-order valence-corrected chi connectivity index (χ0v) is 11.3. The van der Waals surface area contributed by atoms with E-state index in [1.165, 1.54) is 13.0 Å². The van der Waals surface area contributed by atoms with Gasteiger partial charge in [-0.2, -0.15) is 0 Å². The Morgan fingerprint density at radius 3 is 2.53 bits per heavy atom. The monoisotopic (exact) mass is 298 g/mol. The van der Waals surface area contributed by atoms with E-state index in [4.69, 9.17) is 27.7 Å². The second-order valence-electron chi connectivity index (χ2n) is 3.71. The van der Waals surface area contributed by atoms with E-state index >= 15 is 0 Å². The highest BCUT2D eigenvalue weighted by molar-refractivity contribution is 6.37. The Morgan fingerprint density at radius 1 is 1.32 bits per heavy atom. The summed E-state index contributed by atoms with van der Waals surface area (Å²) in [4.78, 5) is 10.3. The van der Waals surface area contributed by atoms with E-state index in [0.717, 1.165) is 0 Å². The lowest BCUT2D eigenvalue weighted by molar-refractivity contribution is -0.386. The van der Waals surface area contributed by atoms with Crippen molar-refractivity contribution in [3.05, 3.63) is 55.4 Å². The Labute approximate surface area is 118 Å². The van der Waals surface area contributed by atoms with Crippen LogP contribution >= 0.6 is 23.2 Å². The predicted molar refractivity (Wildman–Crippen MR) is 73.3 cm³/mol. The molecule has 0 N–H and O–H groups in total. The van der Waals surface area contributed by atoms with Crippen LogP contribution in [0.2, 0.25) is 10.0 Å². The summed E-state index contributed by atoms with van der Waals surface area (Å²) in [5.74, 6) is 0.0542. The van der Waals surface area contributed by atoms with Crippen molar-refractivity contribution in [2.75, 3.05) is 0 Å². The summed E-state index contributed by atoms with van der Waals surface area (Å²) in [6.45, 7) is 1.50. The molecular formula is C12H8Cl2N2O3. The van der Waals surface area contributed by atoms with Crippen LogP contribution in [-0.4, -0.2) is 10.1 Å². The topological polar surface area (TPSA) is 69.2 Å². The minimum absolute atomic E-state index is 0.0542. The molecule has 0 atom stereocenters. The number of aryl methyl sites for hydroxylation is 1. The molecule has 0 unspecified atom stereocenters. The third-order valence-electron chi connectivity index (χ3n) is 2.44. The molecule has 2 rings (SSSR count). The largest absolute Gasteiger partial charge is 0.349 e. The Hall–Kier alpha value is -1.85. The van der Waals surface area contributed by atoms with Gasteiger partial charge in [-0.3, -0.25) is 10.1 Å². The first kappa shape index (κ1) is 13.6. The van der Waals surface area contributed by atoms with Crippen LogP contribution in [0.4, 0.5) is 5.69 Å². The normalized spacial score (nSPS) is 11.1. The molecule has 0 bridgehead atoms. The molecule has 0 spiro atoms. The predicted octanol–water partition coefficient (Wildman–Crippen LogP) is 4.37. The maximum atomic E-state index is 10.9. The van der Waals surface area contributed by atoms with E-state index in [1.54, 1.807) is 24.3 Å². The molecule has 0 aliphatic rings. The Morgan fingerprint density at radius 2 is 1.95 bits per heavy atom. The van der Waals surface area contributed by atoms with Gasteiger partial charge in [0, 0.05) is 15.6 Å². The summed E-state index contributed by atoms with van der Waals surface area (Å²) in [7, 11) is 0. The van der Waals surface area contributed by atoms with Gasteiger partial charge in [0.05, 0.1) is 4.92 Å². The number of nitrogens with zero attached hydrogens (tertiary/aromatic N) is 2. The molecule has 2 aromatic rings. The van der Waals surface area contributed by atoms with Crippen molar-refractivity contribution < 1.29 is 9.45 Å². The van der Waals surface area contributed by atoms with Gasteiger partial charge in [-0.15, -0.1) is 0 Å². The molecule has 0 aliphatic carbocycles. The van der Waals surface area contributed by atoms with Gasteiger partial charge in [-0.1, -0.05) is 34.4 Å². The van der Waals surface area contributed by atoms with Gasteiger partial charge < -0.3 is 4.52 Å². The number of nitro groups is 1. The molecule has 0 aliphatic heterocycles. The molecule has 5 nitrogen and oxygen atoms in total. The summed E-state index contributed by atoms with van der Waals surface area (Å²) >= 11 is 12.0. The van der Waals surface area contributed by atoms with Crippen molar-refractivity contribution in [2.45, 2.75) is 6.92 Å². The van der Waals surface area contributed by atoms with Crippen LogP contribution in [0.1, 0.15) is 17.0 Å². The van der Waals surface area contributed by atoms with E-state index < -0.39 is 4.92 Å². The van der Waals surface area contributed by atoms with Crippen LogP contribution < -0.4 is 0 Å². The zero-order valence-electron chi connectivity index (χ0n) is 9.76. The minimum Gasteiger partial charge on any atom is -0.349 e. The average molecular weight is 299 g/mol. The molecule has 1 heterocycles. The summed E-state index contributed by atoms with van der Waals surface area (Å²) in [5, 5.41) is 15.3. The van der Waals surface area contributed by atoms with E-state index in [1.807, 2.05) is 0 Å². The van der Waals surface area contributed by atoms with E-state index in [-0.39, 0.29) is 17.1 Å². The summed E-state index contributed by atoms with van der Waals surface area (Å²) in [6.07, 6.45) is 2.98. The number of hydrogen-bond donors (Lipinski definition) is 0. The maximum absolute atomic E-state index is 10.9. The lowest BCUT2D eigenvalue weighted by Gasteiger charge is -1.99. The number of halogens is 2. The first-order valence-electron chi connectivity index (χ1n) is 5.23. The standard InChI is InChI=1S/C12H8Cl2N2O3/c1-7-12(16(17)18)11(19-15-7)6-5-8-9(13)3-2-4-10(8)14/h2-6H,1H3/b6-5-. The van der Waals surface area contributed by atoms with Crippen molar-refractivity contribution >= 4 is 41.0 Å². The molecule has 19 heavy (non-hydrogen) atoms. The summed E-state index contributed by atoms with van der Waals surface area (Å²) < 4.78 is 4.89. The highest BCUT2D eigenvalue weighted by atomic mass is 35.5. The molecular weight excluding hydrogens is 291 g/mol. The molecule has 1 aromatic heterocycles. The van der Waals surface area contributed by atoms with Crippen LogP contribution in [-0.2, 0) is 0 Å². The molecule has 0 amide bonds. The SMILES string of the molecule is Cc1noc(/C=C\c2c(Cl)cccc2Cl)c1[N+](=O)[O-]. The lowest BCUT2D eigenvalue weighted by Crippen LogP contribution is -1.90. The van der Waals surface area contributed by atoms with Gasteiger partial charge in [0.1, 0.15) is 0 Å². The van der Waals surface area contributed by atoms with Crippen LogP contribution in [0.15, 0.2) is 22.7 Å². The van der Waals surface area contributed by atoms with Gasteiger partial charge >= 0.3 is 5.69 Å². The summed E-state index contributed by atoms with van der Waals surface area (Å²) in [5.41, 5.74) is 0.614. The van der Waals surface area contributed by atoms with Gasteiger partial charge in [-0.05, 0) is 31.2 Å². The molecule has 0 radical (unpaired) electrons. The average Bonchev–Trinajstić information content (AvgIpc) is 2.70. The molecule has 0 saturated heterocycles. The van der Waals surface area contributed by atoms with Gasteiger partial charge in [0.25, 0.3) is 0 Å². The van der Waals surface area contributed by atoms with Crippen molar-refractivity contribution in [1.29, 1.82) is 0 Å². The van der Waals surface area contributed by atoms with Crippen LogP contribution in [0.5, 0.6) is 0 Å². The second kappa shape index (κ2) is 5.42. The van der Waals surface area contributed by atoms with Crippen LogP contribution in [0.25, 0.3) is 12.2 Å². The van der Waals surface area contributed by atoms with Crippen molar-refractivity contribution in [3.63, 3.8) is 0 Å². The van der Waals surface area contributed by atoms with Crippen molar-refractivity contribution in [2.24, 2.45) is 0 Å². The number of hydrogen-bond acceptors (Lipinski definition) is 4. The van der Waals surface area contributed by atoms with Crippen LogP contribution in [0, 0.1) is 17.0 Å². The fourth-order valence-electron chi connectivity index (χ4n) is 1.54. The number of rotatable bonds is 3. The zero-order chi connectivity index (χ0) is 14.0. The minimum atomic E-state index is -0.542. The van der Waals surface area contributed by atoms with Gasteiger partial charge in [-0.25, -0.2) is 0 Å². The quantitative estimate of drug-likeness (QED) is 0.623. The third kappa shape index (κ3) is 2.77. The fraction of sp³-hybridized carbons (Fsp3) is 0.0833. The molecule has 98 valence electrons. The summed E-state index contributed by atoms with van der Waals surface area (Å²) in [6, 6.07) is 5.06. The smallest absolute Gasteiger partial charge is 0.338 e. The lowest BCUT2D eigenvalue weighted by atomic mass is 10.2. The fourth-order valence-corrected chi connectivity index (χ4v) is 2.07. The first-order chi connectivity index (χ1) is 9.00. The Kier molecular flexibility index (Phi) is 3.87. The maximum Gasteiger partial charge on any atom is 0.338 e. The van der Waals surface area contributed by atoms with Crippen molar-refractivity contribution in [1.82, 2.24) is 5.16 Å². The van der Waals surface area contributed by atoms with Crippen molar-refractivity contribution in [3.8, 4) is 0 Å². The van der Waals surface area contributed by atoms with E-state index in [2.05, 4.69) is 5.16 Å². The Bertz CT molecular complexity index is 645. The van der Waals surface area contributed by atoms with Gasteiger partial charge in [0.2, 0.25) is 5.76 Å². The second-order valence-corrected chi connectivity index (χ2v) is 4.52. The van der Waals surface area contributed by atoms with E-state index in [9.17, 15) is 10.1 Å². The molecule has 0 fully saturated rings. The highest BCUT2D eigenvalue weighted by Crippen LogP contribution is 2.29. The van der Waals surface area contributed by atoms with Crippen LogP contribution in [0.3, 0.4) is 0 Å². The molecule has 7 heteroatoms. The van der Waals surface area contributed by atoms with Gasteiger partial charge in [0.15, 0.2) is 5.69 Å². The number of aromatic nitrogens is 1. The molecule has 0 saturated carbocycles.